The van der Waals surface area contributed by atoms with Crippen LogP contribution >= 0.6 is 0 Å². The maximum Gasteiger partial charge on any atom is 0.408 e. The third-order valence-corrected chi connectivity index (χ3v) is 3.37. The monoisotopic (exact) mass is 290 g/mol. The van der Waals surface area contributed by atoms with E-state index in [9.17, 15) is 18.3 Å². The minimum atomic E-state index is -4.46. The van der Waals surface area contributed by atoms with Crippen molar-refractivity contribution in [3.63, 3.8) is 0 Å². The van der Waals surface area contributed by atoms with E-state index in [1.165, 1.54) is 30.2 Å². The number of methoxy groups -OCH3 is 1. The highest BCUT2D eigenvalue weighted by Gasteiger charge is 2.46. The van der Waals surface area contributed by atoms with E-state index >= 15 is 0 Å². The molecule has 0 aromatic heterocycles. The van der Waals surface area contributed by atoms with Crippen LogP contribution < -0.4 is 10.1 Å². The number of phenolic OH excluding ortho intramolecular Hbond substituents is 1. The van der Waals surface area contributed by atoms with Crippen molar-refractivity contribution in [2.75, 3.05) is 33.3 Å². The fourth-order valence-corrected chi connectivity index (χ4v) is 2.45. The first-order valence-corrected chi connectivity index (χ1v) is 6.32. The number of alkyl halides is 3. The Bertz CT molecular complexity index is 459. The van der Waals surface area contributed by atoms with Gasteiger partial charge < -0.3 is 15.2 Å². The number of rotatable bonds is 3. The third-order valence-electron chi connectivity index (χ3n) is 3.37. The van der Waals surface area contributed by atoms with Gasteiger partial charge in [-0.2, -0.15) is 13.2 Å². The van der Waals surface area contributed by atoms with Crippen LogP contribution in [0.4, 0.5) is 13.2 Å². The maximum absolute atomic E-state index is 13.4. The SMILES string of the molecule is COc1cccc([C@H](N2CCNCC2)C(F)(F)F)c1O. The molecule has 7 heteroatoms. The van der Waals surface area contributed by atoms with Gasteiger partial charge in [0.25, 0.3) is 0 Å². The third kappa shape index (κ3) is 2.99. The predicted octanol–water partition coefficient (Wildman–Crippen LogP) is 1.91. The van der Waals surface area contributed by atoms with Gasteiger partial charge in [-0.25, -0.2) is 0 Å². The second-order valence-corrected chi connectivity index (χ2v) is 4.63. The van der Waals surface area contributed by atoms with E-state index in [4.69, 9.17) is 4.74 Å². The van der Waals surface area contributed by atoms with Crippen molar-refractivity contribution >= 4 is 0 Å². The Balaban J connectivity index is 2.41. The summed E-state index contributed by atoms with van der Waals surface area (Å²) < 4.78 is 45.1. The summed E-state index contributed by atoms with van der Waals surface area (Å²) in [5, 5.41) is 13.0. The molecular formula is C13H17F3N2O2. The van der Waals surface area contributed by atoms with E-state index in [1.54, 1.807) is 0 Å². The van der Waals surface area contributed by atoms with Gasteiger partial charge in [-0.1, -0.05) is 12.1 Å². The number of aromatic hydroxyl groups is 1. The molecule has 1 aromatic rings. The van der Waals surface area contributed by atoms with Crippen LogP contribution in [-0.4, -0.2) is 49.5 Å². The Kier molecular flexibility index (Phi) is 4.39. The molecule has 0 bridgehead atoms. The zero-order valence-electron chi connectivity index (χ0n) is 11.1. The zero-order chi connectivity index (χ0) is 14.8. The minimum Gasteiger partial charge on any atom is -0.504 e. The Hall–Kier alpha value is -1.47. The van der Waals surface area contributed by atoms with Gasteiger partial charge in [-0.05, 0) is 6.07 Å². The van der Waals surface area contributed by atoms with Gasteiger partial charge in [0.15, 0.2) is 11.5 Å². The van der Waals surface area contributed by atoms with Crippen molar-refractivity contribution < 1.29 is 23.0 Å². The summed E-state index contributed by atoms with van der Waals surface area (Å²) in [6, 6.07) is 2.36. The number of para-hydroxylation sites is 1. The van der Waals surface area contributed by atoms with Crippen molar-refractivity contribution in [2.24, 2.45) is 0 Å². The molecule has 0 amide bonds. The highest BCUT2D eigenvalue weighted by molar-refractivity contribution is 5.47. The smallest absolute Gasteiger partial charge is 0.408 e. The number of ether oxygens (including phenoxy) is 1. The number of hydrogen-bond acceptors (Lipinski definition) is 4. The van der Waals surface area contributed by atoms with E-state index < -0.39 is 18.0 Å². The van der Waals surface area contributed by atoms with E-state index in [2.05, 4.69) is 5.32 Å². The summed E-state index contributed by atoms with van der Waals surface area (Å²) in [6.45, 7) is 1.55. The number of hydrogen-bond donors (Lipinski definition) is 2. The molecule has 1 saturated heterocycles. The molecule has 1 atom stereocenters. The summed E-state index contributed by atoms with van der Waals surface area (Å²) >= 11 is 0. The van der Waals surface area contributed by atoms with Crippen LogP contribution in [-0.2, 0) is 0 Å². The van der Waals surface area contributed by atoms with Gasteiger partial charge in [-0.3, -0.25) is 4.90 Å². The lowest BCUT2D eigenvalue weighted by Gasteiger charge is -2.36. The van der Waals surface area contributed by atoms with Crippen molar-refractivity contribution in [2.45, 2.75) is 12.2 Å². The number of benzene rings is 1. The summed E-state index contributed by atoms with van der Waals surface area (Å²) in [4.78, 5) is 1.32. The summed E-state index contributed by atoms with van der Waals surface area (Å²) in [5.74, 6) is -0.400. The number of nitrogens with one attached hydrogen (secondary N) is 1. The van der Waals surface area contributed by atoms with Crippen molar-refractivity contribution in [3.8, 4) is 11.5 Å². The minimum absolute atomic E-state index is 0.0480. The molecule has 1 fully saturated rings. The Labute approximate surface area is 115 Å². The topological polar surface area (TPSA) is 44.7 Å². The van der Waals surface area contributed by atoms with Gasteiger partial charge in [0.05, 0.1) is 7.11 Å². The quantitative estimate of drug-likeness (QED) is 0.892. The Morgan fingerprint density at radius 3 is 2.50 bits per heavy atom. The lowest BCUT2D eigenvalue weighted by Crippen LogP contribution is -2.49. The van der Waals surface area contributed by atoms with Crippen LogP contribution in [0.2, 0.25) is 0 Å². The summed E-state index contributed by atoms with van der Waals surface area (Å²) in [5.41, 5.74) is -0.168. The fourth-order valence-electron chi connectivity index (χ4n) is 2.45. The molecule has 0 aliphatic carbocycles. The van der Waals surface area contributed by atoms with Gasteiger partial charge in [0.1, 0.15) is 6.04 Å². The number of phenols is 1. The molecule has 0 spiro atoms. The average Bonchev–Trinajstić information content (AvgIpc) is 2.41. The summed E-state index contributed by atoms with van der Waals surface area (Å²) in [7, 11) is 1.31. The molecule has 2 N–H and O–H groups in total. The first-order chi connectivity index (χ1) is 9.45. The highest BCUT2D eigenvalue weighted by Crippen LogP contribution is 2.44. The largest absolute Gasteiger partial charge is 0.504 e. The van der Waals surface area contributed by atoms with E-state index in [1.807, 2.05) is 0 Å². The zero-order valence-corrected chi connectivity index (χ0v) is 11.1. The molecular weight excluding hydrogens is 273 g/mol. The van der Waals surface area contributed by atoms with Crippen LogP contribution in [0.15, 0.2) is 18.2 Å². The summed E-state index contributed by atoms with van der Waals surface area (Å²) in [6.07, 6.45) is -4.46. The second-order valence-electron chi connectivity index (χ2n) is 4.63. The molecule has 2 rings (SSSR count). The van der Waals surface area contributed by atoms with Crippen LogP contribution in [0.3, 0.4) is 0 Å². The number of piperazine rings is 1. The molecule has 1 heterocycles. The predicted molar refractivity (Wildman–Crippen MR) is 67.9 cm³/mol. The Morgan fingerprint density at radius 2 is 1.95 bits per heavy atom. The molecule has 0 radical (unpaired) electrons. The van der Waals surface area contributed by atoms with Crippen LogP contribution in [0.1, 0.15) is 11.6 Å². The molecule has 1 aromatic carbocycles. The molecule has 0 saturated carbocycles. The van der Waals surface area contributed by atoms with E-state index in [0.29, 0.717) is 13.1 Å². The Morgan fingerprint density at radius 1 is 1.30 bits per heavy atom. The van der Waals surface area contributed by atoms with Crippen LogP contribution in [0.25, 0.3) is 0 Å². The second kappa shape index (κ2) is 5.88. The molecule has 4 nitrogen and oxygen atoms in total. The highest BCUT2D eigenvalue weighted by atomic mass is 19.4. The van der Waals surface area contributed by atoms with Crippen LogP contribution in [0, 0.1) is 0 Å². The molecule has 1 aliphatic heterocycles. The van der Waals surface area contributed by atoms with Crippen LogP contribution in [0.5, 0.6) is 11.5 Å². The maximum atomic E-state index is 13.4. The lowest BCUT2D eigenvalue weighted by molar-refractivity contribution is -0.188. The number of halogens is 3. The number of nitrogens with zero attached hydrogens (tertiary/aromatic N) is 1. The van der Waals surface area contributed by atoms with E-state index in [0.717, 1.165) is 0 Å². The van der Waals surface area contributed by atoms with Gasteiger partial charge in [0.2, 0.25) is 0 Å². The van der Waals surface area contributed by atoms with Crippen molar-refractivity contribution in [1.82, 2.24) is 10.2 Å². The van der Waals surface area contributed by atoms with Gasteiger partial charge in [-0.15, -0.1) is 0 Å². The standard InChI is InChI=1S/C13H17F3N2O2/c1-20-10-4-2-3-9(11(10)19)12(13(14,15)16)18-7-5-17-6-8-18/h2-4,12,17,19H,5-8H2,1H3/t12-/m0/s1. The van der Waals surface area contributed by atoms with Gasteiger partial charge in [0, 0.05) is 31.7 Å². The first-order valence-electron chi connectivity index (χ1n) is 6.32. The van der Waals surface area contributed by atoms with Gasteiger partial charge >= 0.3 is 6.18 Å². The normalized spacial score (nSPS) is 18.8. The fraction of sp³-hybridized carbons (Fsp3) is 0.538. The molecule has 1 aliphatic rings. The molecule has 20 heavy (non-hydrogen) atoms. The van der Waals surface area contributed by atoms with Crippen molar-refractivity contribution in [1.29, 1.82) is 0 Å². The molecule has 112 valence electrons. The van der Waals surface area contributed by atoms with Crippen molar-refractivity contribution in [3.05, 3.63) is 23.8 Å². The average molecular weight is 290 g/mol. The van der Waals surface area contributed by atoms with E-state index in [-0.39, 0.29) is 24.4 Å². The lowest BCUT2D eigenvalue weighted by atomic mass is 10.0. The molecule has 0 unspecified atom stereocenters. The first kappa shape index (κ1) is 14.9.